The monoisotopic (exact) mass is 215 g/mol. The molecule has 1 aromatic carbocycles. The van der Waals surface area contributed by atoms with Gasteiger partial charge in [0.2, 0.25) is 0 Å². The molecule has 0 unspecified atom stereocenters. The molecule has 3 nitrogen and oxygen atoms in total. The standard InChI is InChI=1S/C13H17N3/c1-10-4-2-5-11-6-9-16-13(12(10)11)15-8-3-7-14/h2,4-6,9H,3,7-8,14H2,1H3,(H,15,16). The van der Waals surface area contributed by atoms with Crippen molar-refractivity contribution in [1.82, 2.24) is 4.98 Å². The van der Waals surface area contributed by atoms with Crippen LogP contribution in [-0.2, 0) is 0 Å². The smallest absolute Gasteiger partial charge is 0.134 e. The Labute approximate surface area is 95.7 Å². The first-order chi connectivity index (χ1) is 7.83. The van der Waals surface area contributed by atoms with Crippen molar-refractivity contribution in [3.63, 3.8) is 0 Å². The molecule has 84 valence electrons. The molecule has 0 radical (unpaired) electrons. The lowest BCUT2D eigenvalue weighted by molar-refractivity contribution is 0.871. The minimum Gasteiger partial charge on any atom is -0.370 e. The minimum absolute atomic E-state index is 0.705. The van der Waals surface area contributed by atoms with Gasteiger partial charge in [-0.2, -0.15) is 0 Å². The van der Waals surface area contributed by atoms with Crippen LogP contribution < -0.4 is 11.1 Å². The largest absolute Gasteiger partial charge is 0.370 e. The molecule has 0 spiro atoms. The molecular weight excluding hydrogens is 198 g/mol. The van der Waals surface area contributed by atoms with Crippen LogP contribution in [0.5, 0.6) is 0 Å². The molecule has 1 aromatic heterocycles. The molecule has 0 bridgehead atoms. The number of hydrogen-bond donors (Lipinski definition) is 2. The van der Waals surface area contributed by atoms with Crippen LogP contribution in [-0.4, -0.2) is 18.1 Å². The van der Waals surface area contributed by atoms with Gasteiger partial charge in [0.15, 0.2) is 0 Å². The maximum absolute atomic E-state index is 5.47. The van der Waals surface area contributed by atoms with Gasteiger partial charge in [0.25, 0.3) is 0 Å². The number of aromatic nitrogens is 1. The zero-order valence-corrected chi connectivity index (χ0v) is 9.53. The lowest BCUT2D eigenvalue weighted by atomic mass is 10.1. The first-order valence-corrected chi connectivity index (χ1v) is 5.61. The summed E-state index contributed by atoms with van der Waals surface area (Å²) in [4.78, 5) is 4.39. The first-order valence-electron chi connectivity index (χ1n) is 5.61. The zero-order chi connectivity index (χ0) is 11.4. The van der Waals surface area contributed by atoms with E-state index in [0.717, 1.165) is 18.8 Å². The fourth-order valence-corrected chi connectivity index (χ4v) is 1.85. The summed E-state index contributed by atoms with van der Waals surface area (Å²) in [5, 5.41) is 5.78. The number of fused-ring (bicyclic) bond motifs is 1. The summed E-state index contributed by atoms with van der Waals surface area (Å²) in [5.74, 6) is 0.962. The van der Waals surface area contributed by atoms with Gasteiger partial charge in [-0.1, -0.05) is 18.2 Å². The van der Waals surface area contributed by atoms with Crippen molar-refractivity contribution in [1.29, 1.82) is 0 Å². The third-order valence-corrected chi connectivity index (χ3v) is 2.67. The van der Waals surface area contributed by atoms with Gasteiger partial charge in [-0.3, -0.25) is 0 Å². The van der Waals surface area contributed by atoms with Crippen molar-refractivity contribution in [2.45, 2.75) is 13.3 Å². The fourth-order valence-electron chi connectivity index (χ4n) is 1.85. The summed E-state index contributed by atoms with van der Waals surface area (Å²) in [6.45, 7) is 3.69. The van der Waals surface area contributed by atoms with Crippen molar-refractivity contribution in [3.05, 3.63) is 36.0 Å². The van der Waals surface area contributed by atoms with Gasteiger partial charge in [0.05, 0.1) is 0 Å². The van der Waals surface area contributed by atoms with Crippen LogP contribution in [0.2, 0.25) is 0 Å². The number of pyridine rings is 1. The molecule has 0 atom stereocenters. The summed E-state index contributed by atoms with van der Waals surface area (Å²) in [6, 6.07) is 8.33. The maximum Gasteiger partial charge on any atom is 0.134 e. The Morgan fingerprint density at radius 3 is 3.00 bits per heavy atom. The average Bonchev–Trinajstić information content (AvgIpc) is 2.30. The number of nitrogens with zero attached hydrogens (tertiary/aromatic N) is 1. The number of anilines is 1. The fraction of sp³-hybridized carbons (Fsp3) is 0.308. The van der Waals surface area contributed by atoms with E-state index in [1.54, 1.807) is 0 Å². The van der Waals surface area contributed by atoms with E-state index in [-0.39, 0.29) is 0 Å². The molecular formula is C13H17N3. The normalized spacial score (nSPS) is 10.6. The Hall–Kier alpha value is -1.61. The van der Waals surface area contributed by atoms with Crippen LogP contribution in [0.1, 0.15) is 12.0 Å². The number of rotatable bonds is 4. The quantitative estimate of drug-likeness (QED) is 0.769. The van der Waals surface area contributed by atoms with Crippen LogP contribution in [0.3, 0.4) is 0 Å². The van der Waals surface area contributed by atoms with Crippen LogP contribution in [0, 0.1) is 6.92 Å². The summed E-state index contributed by atoms with van der Waals surface area (Å²) in [7, 11) is 0. The second-order valence-electron chi connectivity index (χ2n) is 3.90. The Bertz CT molecular complexity index is 474. The van der Waals surface area contributed by atoms with E-state index in [1.165, 1.54) is 16.3 Å². The van der Waals surface area contributed by atoms with Gasteiger partial charge in [-0.05, 0) is 36.9 Å². The van der Waals surface area contributed by atoms with Crippen LogP contribution in [0.25, 0.3) is 10.8 Å². The number of aryl methyl sites for hydroxylation is 1. The summed E-state index contributed by atoms with van der Waals surface area (Å²) >= 11 is 0. The number of nitrogens with two attached hydrogens (primary N) is 1. The Morgan fingerprint density at radius 1 is 1.31 bits per heavy atom. The van der Waals surface area contributed by atoms with Crippen molar-refractivity contribution >= 4 is 16.6 Å². The van der Waals surface area contributed by atoms with Crippen LogP contribution in [0.4, 0.5) is 5.82 Å². The molecule has 0 fully saturated rings. The highest BCUT2D eigenvalue weighted by molar-refractivity contribution is 5.94. The lowest BCUT2D eigenvalue weighted by Gasteiger charge is -2.09. The predicted octanol–water partition coefficient (Wildman–Crippen LogP) is 2.30. The zero-order valence-electron chi connectivity index (χ0n) is 9.53. The number of benzene rings is 1. The molecule has 0 saturated heterocycles. The summed E-state index contributed by atoms with van der Waals surface area (Å²) in [6.07, 6.45) is 2.80. The van der Waals surface area contributed by atoms with Gasteiger partial charge in [-0.25, -0.2) is 4.98 Å². The molecule has 3 N–H and O–H groups in total. The van der Waals surface area contributed by atoms with E-state index in [4.69, 9.17) is 5.73 Å². The van der Waals surface area contributed by atoms with E-state index in [2.05, 4.69) is 35.4 Å². The molecule has 0 amide bonds. The van der Waals surface area contributed by atoms with E-state index in [0.29, 0.717) is 6.54 Å². The molecule has 2 aromatic rings. The third-order valence-electron chi connectivity index (χ3n) is 2.67. The second-order valence-corrected chi connectivity index (χ2v) is 3.90. The summed E-state index contributed by atoms with van der Waals surface area (Å²) < 4.78 is 0. The molecule has 1 heterocycles. The highest BCUT2D eigenvalue weighted by Crippen LogP contribution is 2.24. The molecule has 16 heavy (non-hydrogen) atoms. The van der Waals surface area contributed by atoms with Gasteiger partial charge in [0.1, 0.15) is 5.82 Å². The minimum atomic E-state index is 0.705. The maximum atomic E-state index is 5.47. The molecule has 2 rings (SSSR count). The highest BCUT2D eigenvalue weighted by atomic mass is 15.0. The van der Waals surface area contributed by atoms with E-state index < -0.39 is 0 Å². The SMILES string of the molecule is Cc1cccc2ccnc(NCCCN)c12. The Balaban J connectivity index is 2.37. The van der Waals surface area contributed by atoms with Gasteiger partial charge < -0.3 is 11.1 Å². The third kappa shape index (κ3) is 2.14. The highest BCUT2D eigenvalue weighted by Gasteiger charge is 2.03. The van der Waals surface area contributed by atoms with Crippen molar-refractivity contribution in [3.8, 4) is 0 Å². The molecule has 3 heteroatoms. The second kappa shape index (κ2) is 4.94. The van der Waals surface area contributed by atoms with E-state index in [1.807, 2.05) is 12.3 Å². The average molecular weight is 215 g/mol. The van der Waals surface area contributed by atoms with Crippen molar-refractivity contribution in [2.75, 3.05) is 18.4 Å². The Morgan fingerprint density at radius 2 is 2.19 bits per heavy atom. The van der Waals surface area contributed by atoms with Gasteiger partial charge in [-0.15, -0.1) is 0 Å². The number of hydrogen-bond acceptors (Lipinski definition) is 3. The van der Waals surface area contributed by atoms with Crippen LogP contribution in [0.15, 0.2) is 30.5 Å². The molecule has 0 aliphatic rings. The first kappa shape index (κ1) is 10.9. The Kier molecular flexibility index (Phi) is 3.37. The van der Waals surface area contributed by atoms with E-state index in [9.17, 15) is 0 Å². The lowest BCUT2D eigenvalue weighted by Crippen LogP contribution is -2.09. The molecule has 0 saturated carbocycles. The van der Waals surface area contributed by atoms with Crippen LogP contribution >= 0.6 is 0 Å². The molecule has 0 aliphatic carbocycles. The van der Waals surface area contributed by atoms with Crippen molar-refractivity contribution in [2.24, 2.45) is 5.73 Å². The predicted molar refractivity (Wildman–Crippen MR) is 68.6 cm³/mol. The van der Waals surface area contributed by atoms with Crippen molar-refractivity contribution < 1.29 is 0 Å². The van der Waals surface area contributed by atoms with E-state index >= 15 is 0 Å². The van der Waals surface area contributed by atoms with Gasteiger partial charge in [0, 0.05) is 18.1 Å². The number of nitrogens with one attached hydrogen (secondary N) is 1. The van der Waals surface area contributed by atoms with Gasteiger partial charge >= 0.3 is 0 Å². The topological polar surface area (TPSA) is 50.9 Å². The summed E-state index contributed by atoms with van der Waals surface area (Å²) in [5.41, 5.74) is 6.73. The molecule has 0 aliphatic heterocycles.